The van der Waals surface area contributed by atoms with Gasteiger partial charge in [-0.25, -0.2) is 0 Å². The predicted molar refractivity (Wildman–Crippen MR) is 76.9 cm³/mol. The largest absolute Gasteiger partial charge is 0.480 e. The van der Waals surface area contributed by atoms with Crippen LogP contribution in [0.15, 0.2) is 0 Å². The lowest BCUT2D eigenvalue weighted by molar-refractivity contribution is -0.145. The van der Waals surface area contributed by atoms with Crippen LogP contribution in [0.2, 0.25) is 0 Å². The van der Waals surface area contributed by atoms with Crippen molar-refractivity contribution in [1.29, 1.82) is 0 Å². The van der Waals surface area contributed by atoms with Gasteiger partial charge in [0.1, 0.15) is 5.54 Å². The molecular formula is C15H31NO2. The number of carboxylic acids is 1. The van der Waals surface area contributed by atoms with Gasteiger partial charge in [-0.2, -0.15) is 0 Å². The summed E-state index contributed by atoms with van der Waals surface area (Å²) in [5.41, 5.74) is -0.706. The average Bonchev–Trinajstić information content (AvgIpc) is 2.37. The van der Waals surface area contributed by atoms with E-state index in [1.54, 1.807) is 0 Å². The van der Waals surface area contributed by atoms with Gasteiger partial charge in [-0.3, -0.25) is 4.79 Å². The van der Waals surface area contributed by atoms with Crippen LogP contribution in [0.25, 0.3) is 0 Å². The zero-order valence-corrected chi connectivity index (χ0v) is 12.4. The standard InChI is InChI=1S/C15H31NO2/c1-4-7-8-9-10-11-12-13-16-15(5-2,6-3)14(17)18/h16H,4-13H2,1-3H3,(H,17,18). The fourth-order valence-corrected chi connectivity index (χ4v) is 2.29. The number of unbranched alkanes of at least 4 members (excludes halogenated alkanes) is 6. The van der Waals surface area contributed by atoms with Crippen molar-refractivity contribution in [2.45, 2.75) is 84.1 Å². The highest BCUT2D eigenvalue weighted by molar-refractivity contribution is 5.78. The molecule has 0 fully saturated rings. The van der Waals surface area contributed by atoms with Gasteiger partial charge in [0, 0.05) is 0 Å². The summed E-state index contributed by atoms with van der Waals surface area (Å²) in [5.74, 6) is -0.713. The molecule has 0 rings (SSSR count). The van der Waals surface area contributed by atoms with E-state index in [-0.39, 0.29) is 0 Å². The topological polar surface area (TPSA) is 49.3 Å². The highest BCUT2D eigenvalue weighted by Gasteiger charge is 2.33. The molecule has 0 bridgehead atoms. The lowest BCUT2D eigenvalue weighted by Crippen LogP contribution is -2.51. The van der Waals surface area contributed by atoms with Crippen LogP contribution in [0, 0.1) is 0 Å². The molecule has 0 radical (unpaired) electrons. The summed E-state index contributed by atoms with van der Waals surface area (Å²) in [5, 5.41) is 12.5. The number of carboxylic acid groups (broad SMARTS) is 1. The Morgan fingerprint density at radius 3 is 1.89 bits per heavy atom. The van der Waals surface area contributed by atoms with Crippen LogP contribution in [0.5, 0.6) is 0 Å². The molecule has 0 unspecified atom stereocenters. The van der Waals surface area contributed by atoms with Crippen LogP contribution < -0.4 is 5.32 Å². The second-order valence-corrected chi connectivity index (χ2v) is 5.14. The maximum atomic E-state index is 11.3. The fourth-order valence-electron chi connectivity index (χ4n) is 2.29. The number of nitrogens with one attached hydrogen (secondary N) is 1. The van der Waals surface area contributed by atoms with Crippen molar-refractivity contribution in [3.63, 3.8) is 0 Å². The molecule has 3 heteroatoms. The summed E-state index contributed by atoms with van der Waals surface area (Å²) in [6, 6.07) is 0. The normalized spacial score (nSPS) is 11.7. The smallest absolute Gasteiger partial charge is 0.323 e. The van der Waals surface area contributed by atoms with Gasteiger partial charge < -0.3 is 10.4 Å². The van der Waals surface area contributed by atoms with E-state index in [0.29, 0.717) is 12.8 Å². The minimum Gasteiger partial charge on any atom is -0.480 e. The van der Waals surface area contributed by atoms with Crippen molar-refractivity contribution < 1.29 is 9.90 Å². The van der Waals surface area contributed by atoms with Gasteiger partial charge in [-0.05, 0) is 25.8 Å². The summed E-state index contributed by atoms with van der Waals surface area (Å²) in [6.07, 6.45) is 10.2. The Bertz CT molecular complexity index is 213. The van der Waals surface area contributed by atoms with Crippen LogP contribution >= 0.6 is 0 Å². The minimum absolute atomic E-state index is 0.648. The number of rotatable bonds is 12. The van der Waals surface area contributed by atoms with E-state index in [9.17, 15) is 9.90 Å². The summed E-state index contributed by atoms with van der Waals surface area (Å²) in [7, 11) is 0. The van der Waals surface area contributed by atoms with E-state index in [1.165, 1.54) is 38.5 Å². The number of hydrogen-bond donors (Lipinski definition) is 2. The summed E-state index contributed by atoms with van der Waals surface area (Å²) in [4.78, 5) is 11.3. The minimum atomic E-state index is -0.713. The molecule has 0 aromatic heterocycles. The first kappa shape index (κ1) is 17.4. The van der Waals surface area contributed by atoms with Crippen LogP contribution in [0.1, 0.15) is 78.6 Å². The molecule has 3 nitrogen and oxygen atoms in total. The van der Waals surface area contributed by atoms with Gasteiger partial charge >= 0.3 is 5.97 Å². The maximum absolute atomic E-state index is 11.3. The van der Waals surface area contributed by atoms with E-state index in [0.717, 1.165) is 13.0 Å². The monoisotopic (exact) mass is 257 g/mol. The third-order valence-electron chi connectivity index (χ3n) is 3.86. The summed E-state index contributed by atoms with van der Waals surface area (Å²) in [6.45, 7) is 6.93. The first-order valence-electron chi connectivity index (χ1n) is 7.61. The second kappa shape index (κ2) is 10.4. The molecular weight excluding hydrogens is 226 g/mol. The first-order chi connectivity index (χ1) is 8.63. The zero-order valence-electron chi connectivity index (χ0n) is 12.4. The van der Waals surface area contributed by atoms with E-state index in [2.05, 4.69) is 12.2 Å². The zero-order chi connectivity index (χ0) is 13.9. The maximum Gasteiger partial charge on any atom is 0.323 e. The Balaban J connectivity index is 3.65. The van der Waals surface area contributed by atoms with E-state index < -0.39 is 11.5 Å². The molecule has 108 valence electrons. The fraction of sp³-hybridized carbons (Fsp3) is 0.933. The van der Waals surface area contributed by atoms with Gasteiger partial charge in [0.05, 0.1) is 0 Å². The molecule has 0 saturated carbocycles. The van der Waals surface area contributed by atoms with Gasteiger partial charge in [0.25, 0.3) is 0 Å². The molecule has 0 heterocycles. The number of carbonyl (C=O) groups is 1. The summed E-state index contributed by atoms with van der Waals surface area (Å²) < 4.78 is 0. The van der Waals surface area contributed by atoms with Crippen LogP contribution in [0.4, 0.5) is 0 Å². The lowest BCUT2D eigenvalue weighted by atomic mass is 9.93. The summed E-state index contributed by atoms with van der Waals surface area (Å²) >= 11 is 0. The van der Waals surface area contributed by atoms with Crippen molar-refractivity contribution in [3.8, 4) is 0 Å². The Hall–Kier alpha value is -0.570. The number of aliphatic carboxylic acids is 1. The second-order valence-electron chi connectivity index (χ2n) is 5.14. The molecule has 2 N–H and O–H groups in total. The van der Waals surface area contributed by atoms with E-state index in [4.69, 9.17) is 0 Å². The van der Waals surface area contributed by atoms with Gasteiger partial charge in [-0.1, -0.05) is 59.3 Å². The van der Waals surface area contributed by atoms with Crippen molar-refractivity contribution in [2.24, 2.45) is 0 Å². The Kier molecular flexibility index (Phi) is 10.0. The SMILES string of the molecule is CCCCCCCCCNC(CC)(CC)C(=O)O. The Morgan fingerprint density at radius 2 is 1.44 bits per heavy atom. The Labute approximate surface area is 112 Å². The van der Waals surface area contributed by atoms with Crippen LogP contribution in [-0.4, -0.2) is 23.2 Å². The lowest BCUT2D eigenvalue weighted by Gasteiger charge is -2.28. The van der Waals surface area contributed by atoms with Crippen LogP contribution in [0.3, 0.4) is 0 Å². The van der Waals surface area contributed by atoms with Gasteiger partial charge in [0.15, 0.2) is 0 Å². The van der Waals surface area contributed by atoms with Crippen molar-refractivity contribution in [3.05, 3.63) is 0 Å². The molecule has 0 aliphatic rings. The van der Waals surface area contributed by atoms with Crippen molar-refractivity contribution in [2.75, 3.05) is 6.54 Å². The van der Waals surface area contributed by atoms with Crippen molar-refractivity contribution >= 4 is 5.97 Å². The highest BCUT2D eigenvalue weighted by Crippen LogP contribution is 2.15. The van der Waals surface area contributed by atoms with Gasteiger partial charge in [0.2, 0.25) is 0 Å². The van der Waals surface area contributed by atoms with Crippen LogP contribution in [-0.2, 0) is 4.79 Å². The molecule has 0 aliphatic carbocycles. The molecule has 18 heavy (non-hydrogen) atoms. The molecule has 0 aromatic carbocycles. The highest BCUT2D eigenvalue weighted by atomic mass is 16.4. The molecule has 0 saturated heterocycles. The third-order valence-corrected chi connectivity index (χ3v) is 3.86. The Morgan fingerprint density at radius 1 is 0.944 bits per heavy atom. The molecule has 0 aliphatic heterocycles. The first-order valence-corrected chi connectivity index (χ1v) is 7.61. The predicted octanol–water partition coefficient (Wildman–Crippen LogP) is 3.97. The van der Waals surface area contributed by atoms with E-state index >= 15 is 0 Å². The molecule has 0 atom stereocenters. The number of hydrogen-bond acceptors (Lipinski definition) is 2. The van der Waals surface area contributed by atoms with Crippen molar-refractivity contribution in [1.82, 2.24) is 5.32 Å². The molecule has 0 amide bonds. The average molecular weight is 257 g/mol. The van der Waals surface area contributed by atoms with E-state index in [1.807, 2.05) is 13.8 Å². The molecule has 0 aromatic rings. The quantitative estimate of drug-likeness (QED) is 0.520. The third kappa shape index (κ3) is 6.39. The molecule has 0 spiro atoms. The van der Waals surface area contributed by atoms with Gasteiger partial charge in [-0.15, -0.1) is 0 Å².